The molecule has 96 valence electrons. The Morgan fingerprint density at radius 3 is 3.00 bits per heavy atom. The third kappa shape index (κ3) is 2.47. The number of aromatic nitrogens is 2. The fraction of sp³-hybridized carbons (Fsp3) is 0.214. The van der Waals surface area contributed by atoms with Gasteiger partial charge in [0.05, 0.1) is 29.6 Å². The maximum atomic E-state index is 11.7. The van der Waals surface area contributed by atoms with Crippen LogP contribution in [0.15, 0.2) is 24.4 Å². The molecular weight excluding hydrogens is 242 g/mol. The SMILES string of the molecule is CCOC(=O)c1ccc(C)c(-c2[nH]ncc2C#N)c1. The number of nitrogens with zero attached hydrogens (tertiary/aromatic N) is 2. The summed E-state index contributed by atoms with van der Waals surface area (Å²) in [7, 11) is 0. The van der Waals surface area contributed by atoms with Crippen LogP contribution < -0.4 is 0 Å². The Morgan fingerprint density at radius 2 is 2.32 bits per heavy atom. The van der Waals surface area contributed by atoms with E-state index in [0.29, 0.717) is 23.4 Å². The van der Waals surface area contributed by atoms with E-state index in [-0.39, 0.29) is 5.97 Å². The van der Waals surface area contributed by atoms with Crippen molar-refractivity contribution >= 4 is 5.97 Å². The molecule has 0 unspecified atom stereocenters. The second-order valence-corrected chi connectivity index (χ2v) is 4.02. The van der Waals surface area contributed by atoms with Crippen molar-refractivity contribution in [1.29, 1.82) is 5.26 Å². The molecule has 0 spiro atoms. The number of rotatable bonds is 3. The molecule has 5 nitrogen and oxygen atoms in total. The lowest BCUT2D eigenvalue weighted by Gasteiger charge is -2.07. The summed E-state index contributed by atoms with van der Waals surface area (Å²) >= 11 is 0. The van der Waals surface area contributed by atoms with E-state index in [1.165, 1.54) is 6.20 Å². The van der Waals surface area contributed by atoms with Gasteiger partial charge in [-0.2, -0.15) is 10.4 Å². The van der Waals surface area contributed by atoms with E-state index in [9.17, 15) is 4.79 Å². The molecule has 1 N–H and O–H groups in total. The number of nitriles is 1. The number of hydrogen-bond donors (Lipinski definition) is 1. The first-order valence-electron chi connectivity index (χ1n) is 5.89. The van der Waals surface area contributed by atoms with Crippen LogP contribution in [0.4, 0.5) is 0 Å². The number of nitrogens with one attached hydrogen (secondary N) is 1. The van der Waals surface area contributed by atoms with E-state index in [2.05, 4.69) is 16.3 Å². The molecule has 0 saturated heterocycles. The number of carbonyl (C=O) groups excluding carboxylic acids is 1. The molecule has 1 aromatic carbocycles. The van der Waals surface area contributed by atoms with Crippen LogP contribution in [0.2, 0.25) is 0 Å². The standard InChI is InChI=1S/C14H13N3O2/c1-3-19-14(18)10-5-4-9(2)12(6-10)13-11(7-15)8-16-17-13/h4-6,8H,3H2,1-2H3,(H,16,17). The van der Waals surface area contributed by atoms with Crippen LogP contribution in [0.3, 0.4) is 0 Å². The number of hydrogen-bond acceptors (Lipinski definition) is 4. The highest BCUT2D eigenvalue weighted by atomic mass is 16.5. The molecule has 0 aliphatic carbocycles. The van der Waals surface area contributed by atoms with Crippen molar-refractivity contribution in [3.8, 4) is 17.3 Å². The van der Waals surface area contributed by atoms with E-state index in [0.717, 1.165) is 11.1 Å². The fourth-order valence-electron chi connectivity index (χ4n) is 1.81. The summed E-state index contributed by atoms with van der Waals surface area (Å²) in [5, 5.41) is 15.7. The predicted molar refractivity (Wildman–Crippen MR) is 69.4 cm³/mol. The molecule has 0 bridgehead atoms. The van der Waals surface area contributed by atoms with Gasteiger partial charge >= 0.3 is 5.97 Å². The molecule has 2 rings (SSSR count). The second kappa shape index (κ2) is 5.36. The van der Waals surface area contributed by atoms with Gasteiger partial charge in [0.1, 0.15) is 6.07 Å². The summed E-state index contributed by atoms with van der Waals surface area (Å²) in [6.45, 7) is 4.00. The molecule has 2 aromatic rings. The van der Waals surface area contributed by atoms with Crippen molar-refractivity contribution in [2.45, 2.75) is 13.8 Å². The Labute approximate surface area is 110 Å². The normalized spacial score (nSPS) is 9.95. The summed E-state index contributed by atoms with van der Waals surface area (Å²) in [4.78, 5) is 11.7. The number of ether oxygens (including phenoxy) is 1. The third-order valence-corrected chi connectivity index (χ3v) is 2.78. The first-order chi connectivity index (χ1) is 9.17. The lowest BCUT2D eigenvalue weighted by Crippen LogP contribution is -2.05. The van der Waals surface area contributed by atoms with Crippen LogP contribution in [0.25, 0.3) is 11.3 Å². The lowest BCUT2D eigenvalue weighted by molar-refractivity contribution is 0.0526. The number of benzene rings is 1. The molecule has 0 aliphatic rings. The highest BCUT2D eigenvalue weighted by molar-refractivity contribution is 5.91. The summed E-state index contributed by atoms with van der Waals surface area (Å²) in [5.74, 6) is -0.373. The quantitative estimate of drug-likeness (QED) is 0.854. The molecule has 0 radical (unpaired) electrons. The van der Waals surface area contributed by atoms with E-state index in [4.69, 9.17) is 10.00 Å². The minimum absolute atomic E-state index is 0.329. The average Bonchev–Trinajstić information content (AvgIpc) is 2.87. The van der Waals surface area contributed by atoms with Crippen molar-refractivity contribution in [1.82, 2.24) is 10.2 Å². The smallest absolute Gasteiger partial charge is 0.338 e. The maximum Gasteiger partial charge on any atom is 0.338 e. The molecule has 0 fully saturated rings. The summed E-state index contributed by atoms with van der Waals surface area (Å²) in [5.41, 5.74) is 3.25. The van der Waals surface area contributed by atoms with Crippen LogP contribution >= 0.6 is 0 Å². The van der Waals surface area contributed by atoms with Gasteiger partial charge in [0.2, 0.25) is 0 Å². The summed E-state index contributed by atoms with van der Waals surface area (Å²) < 4.78 is 4.97. The minimum atomic E-state index is -0.373. The molecular formula is C14H13N3O2. The van der Waals surface area contributed by atoms with Crippen LogP contribution in [0, 0.1) is 18.3 Å². The first kappa shape index (κ1) is 12.8. The van der Waals surface area contributed by atoms with Crippen molar-refractivity contribution in [3.63, 3.8) is 0 Å². The molecule has 0 amide bonds. The zero-order valence-electron chi connectivity index (χ0n) is 10.7. The highest BCUT2D eigenvalue weighted by Gasteiger charge is 2.13. The largest absolute Gasteiger partial charge is 0.462 e. The fourth-order valence-corrected chi connectivity index (χ4v) is 1.81. The van der Waals surface area contributed by atoms with Gasteiger partial charge in [0, 0.05) is 5.56 Å². The Balaban J connectivity index is 2.49. The molecule has 5 heteroatoms. The molecule has 0 aliphatic heterocycles. The molecule has 19 heavy (non-hydrogen) atoms. The van der Waals surface area contributed by atoms with E-state index in [1.54, 1.807) is 19.1 Å². The number of aromatic amines is 1. The molecule has 1 heterocycles. The van der Waals surface area contributed by atoms with Crippen molar-refractivity contribution in [2.75, 3.05) is 6.61 Å². The monoisotopic (exact) mass is 255 g/mol. The van der Waals surface area contributed by atoms with Crippen molar-refractivity contribution in [3.05, 3.63) is 41.1 Å². The van der Waals surface area contributed by atoms with Crippen LogP contribution in [-0.2, 0) is 4.74 Å². The molecule has 0 saturated carbocycles. The van der Waals surface area contributed by atoms with E-state index >= 15 is 0 Å². The lowest BCUT2D eigenvalue weighted by atomic mass is 10.0. The van der Waals surface area contributed by atoms with Crippen LogP contribution in [0.5, 0.6) is 0 Å². The van der Waals surface area contributed by atoms with Gasteiger partial charge in [-0.05, 0) is 31.5 Å². The molecule has 0 atom stereocenters. The first-order valence-corrected chi connectivity index (χ1v) is 5.89. The average molecular weight is 255 g/mol. The zero-order valence-corrected chi connectivity index (χ0v) is 10.7. The van der Waals surface area contributed by atoms with E-state index < -0.39 is 0 Å². The molecule has 1 aromatic heterocycles. The van der Waals surface area contributed by atoms with Gasteiger partial charge in [-0.3, -0.25) is 5.10 Å². The van der Waals surface area contributed by atoms with E-state index in [1.807, 2.05) is 13.0 Å². The topological polar surface area (TPSA) is 78.8 Å². The summed E-state index contributed by atoms with van der Waals surface area (Å²) in [6, 6.07) is 7.31. The Hall–Kier alpha value is -2.61. The third-order valence-electron chi connectivity index (χ3n) is 2.78. The highest BCUT2D eigenvalue weighted by Crippen LogP contribution is 2.25. The zero-order chi connectivity index (χ0) is 13.8. The van der Waals surface area contributed by atoms with Gasteiger partial charge < -0.3 is 4.74 Å². The second-order valence-electron chi connectivity index (χ2n) is 4.02. The Kier molecular flexibility index (Phi) is 3.62. The van der Waals surface area contributed by atoms with Gasteiger partial charge in [-0.15, -0.1) is 0 Å². The minimum Gasteiger partial charge on any atom is -0.462 e. The van der Waals surface area contributed by atoms with Gasteiger partial charge in [0.25, 0.3) is 0 Å². The maximum absolute atomic E-state index is 11.7. The number of carbonyl (C=O) groups is 1. The van der Waals surface area contributed by atoms with Crippen molar-refractivity contribution < 1.29 is 9.53 Å². The Bertz CT molecular complexity index is 653. The number of H-pyrrole nitrogens is 1. The van der Waals surface area contributed by atoms with Gasteiger partial charge in [-0.25, -0.2) is 4.79 Å². The van der Waals surface area contributed by atoms with Crippen LogP contribution in [0.1, 0.15) is 28.4 Å². The van der Waals surface area contributed by atoms with Crippen LogP contribution in [-0.4, -0.2) is 22.8 Å². The predicted octanol–water partition coefficient (Wildman–Crippen LogP) is 2.43. The number of aryl methyl sites for hydroxylation is 1. The van der Waals surface area contributed by atoms with Crippen molar-refractivity contribution in [2.24, 2.45) is 0 Å². The van der Waals surface area contributed by atoms with Gasteiger partial charge in [-0.1, -0.05) is 6.07 Å². The Morgan fingerprint density at radius 1 is 1.53 bits per heavy atom. The number of esters is 1. The summed E-state index contributed by atoms with van der Waals surface area (Å²) in [6.07, 6.45) is 1.46. The van der Waals surface area contributed by atoms with Gasteiger partial charge in [0.15, 0.2) is 0 Å².